The normalized spacial score (nSPS) is 32.7. The van der Waals surface area contributed by atoms with Gasteiger partial charge < -0.3 is 14.4 Å². The highest BCUT2D eigenvalue weighted by atomic mass is 16.5. The van der Waals surface area contributed by atoms with E-state index in [2.05, 4.69) is 11.0 Å². The lowest BCUT2D eigenvalue weighted by Crippen LogP contribution is -2.53. The van der Waals surface area contributed by atoms with Gasteiger partial charge in [-0.2, -0.15) is 0 Å². The summed E-state index contributed by atoms with van der Waals surface area (Å²) in [6, 6.07) is 0.229. The molecule has 2 aliphatic carbocycles. The maximum Gasteiger partial charge on any atom is 0.227 e. The predicted molar refractivity (Wildman–Crippen MR) is 81.1 cm³/mol. The Labute approximate surface area is 127 Å². The van der Waals surface area contributed by atoms with E-state index in [1.807, 2.05) is 6.92 Å². The lowest BCUT2D eigenvalue weighted by atomic mass is 9.96. The third kappa shape index (κ3) is 3.32. The number of carbonyl (C=O) groups is 1. The molecular formula is C17H27NO3. The summed E-state index contributed by atoms with van der Waals surface area (Å²) in [4.78, 5) is 14.7. The molecular weight excluding hydrogens is 266 g/mol. The van der Waals surface area contributed by atoms with Gasteiger partial charge in [-0.1, -0.05) is 11.6 Å². The van der Waals surface area contributed by atoms with Crippen LogP contribution < -0.4 is 0 Å². The lowest BCUT2D eigenvalue weighted by Gasteiger charge is -2.39. The van der Waals surface area contributed by atoms with E-state index >= 15 is 0 Å². The molecule has 3 aliphatic rings. The number of hydrogen-bond donors (Lipinski definition) is 0. The van der Waals surface area contributed by atoms with Gasteiger partial charge in [0, 0.05) is 19.6 Å². The van der Waals surface area contributed by atoms with E-state index in [9.17, 15) is 4.79 Å². The van der Waals surface area contributed by atoms with Crippen molar-refractivity contribution in [1.29, 1.82) is 0 Å². The van der Waals surface area contributed by atoms with Crippen LogP contribution in [0.5, 0.6) is 0 Å². The van der Waals surface area contributed by atoms with E-state index in [-0.39, 0.29) is 18.2 Å². The highest BCUT2D eigenvalue weighted by molar-refractivity contribution is 5.79. The van der Waals surface area contributed by atoms with E-state index < -0.39 is 0 Å². The Hall–Kier alpha value is -0.870. The van der Waals surface area contributed by atoms with Crippen molar-refractivity contribution in [3.8, 4) is 0 Å². The summed E-state index contributed by atoms with van der Waals surface area (Å²) in [5, 5.41) is 0. The first-order valence-electron chi connectivity index (χ1n) is 8.50. The third-order valence-electron chi connectivity index (χ3n) is 5.00. The van der Waals surface area contributed by atoms with Gasteiger partial charge in [-0.05, 0) is 45.4 Å². The first-order chi connectivity index (χ1) is 10.3. The fourth-order valence-corrected chi connectivity index (χ4v) is 3.98. The van der Waals surface area contributed by atoms with Crippen molar-refractivity contribution in [2.45, 2.75) is 70.1 Å². The molecule has 1 heterocycles. The van der Waals surface area contributed by atoms with Crippen molar-refractivity contribution in [2.75, 3.05) is 19.8 Å². The maximum atomic E-state index is 12.7. The number of rotatable bonds is 4. The second-order valence-electron chi connectivity index (χ2n) is 6.35. The second kappa shape index (κ2) is 6.93. The number of amides is 1. The molecule has 0 radical (unpaired) electrons. The minimum Gasteiger partial charge on any atom is -0.376 e. The number of fused-ring (bicyclic) bond motifs is 1. The first kappa shape index (κ1) is 15.0. The van der Waals surface area contributed by atoms with Crippen molar-refractivity contribution < 1.29 is 14.3 Å². The monoisotopic (exact) mass is 293 g/mol. The summed E-state index contributed by atoms with van der Waals surface area (Å²) in [6.45, 7) is 4.13. The summed E-state index contributed by atoms with van der Waals surface area (Å²) >= 11 is 0. The largest absolute Gasteiger partial charge is 0.376 e. The summed E-state index contributed by atoms with van der Waals surface area (Å²) in [5.41, 5.74) is 1.34. The van der Waals surface area contributed by atoms with Crippen LogP contribution in [0.15, 0.2) is 11.6 Å². The molecule has 0 bridgehead atoms. The number of carbonyl (C=O) groups excluding carboxylic acids is 1. The Kier molecular flexibility index (Phi) is 4.96. The quantitative estimate of drug-likeness (QED) is 0.748. The molecule has 118 valence electrons. The summed E-state index contributed by atoms with van der Waals surface area (Å²) in [6.07, 6.45) is 9.93. The third-order valence-corrected chi connectivity index (χ3v) is 5.00. The molecule has 1 saturated carbocycles. The molecule has 4 nitrogen and oxygen atoms in total. The van der Waals surface area contributed by atoms with Crippen LogP contribution >= 0.6 is 0 Å². The van der Waals surface area contributed by atoms with Crippen LogP contribution in [0.3, 0.4) is 0 Å². The number of nitrogens with zero attached hydrogens (tertiary/aromatic N) is 1. The number of ether oxygens (including phenoxy) is 2. The fraction of sp³-hybridized carbons (Fsp3) is 0.824. The molecule has 0 unspecified atom stereocenters. The molecule has 1 saturated heterocycles. The van der Waals surface area contributed by atoms with Crippen LogP contribution in [0.4, 0.5) is 0 Å². The average Bonchev–Trinajstić information content (AvgIpc) is 2.92. The summed E-state index contributed by atoms with van der Waals surface area (Å²) < 4.78 is 11.7. The van der Waals surface area contributed by atoms with Crippen molar-refractivity contribution in [3.05, 3.63) is 11.6 Å². The minimum absolute atomic E-state index is 0.0861. The molecule has 0 aromatic carbocycles. The maximum absolute atomic E-state index is 12.7. The topological polar surface area (TPSA) is 38.8 Å². The smallest absolute Gasteiger partial charge is 0.227 e. The van der Waals surface area contributed by atoms with Crippen molar-refractivity contribution in [3.63, 3.8) is 0 Å². The van der Waals surface area contributed by atoms with Crippen LogP contribution in [-0.2, 0) is 14.3 Å². The number of morpholine rings is 1. The van der Waals surface area contributed by atoms with Crippen LogP contribution in [0.1, 0.15) is 51.9 Å². The van der Waals surface area contributed by atoms with E-state index in [0.29, 0.717) is 18.9 Å². The van der Waals surface area contributed by atoms with Gasteiger partial charge in [0.15, 0.2) is 0 Å². The van der Waals surface area contributed by atoms with Gasteiger partial charge in [-0.3, -0.25) is 4.79 Å². The fourth-order valence-electron chi connectivity index (χ4n) is 3.98. The Morgan fingerprint density at radius 2 is 2.33 bits per heavy atom. The predicted octanol–water partition coefficient (Wildman–Crippen LogP) is 2.67. The second-order valence-corrected chi connectivity index (χ2v) is 6.35. The standard InChI is InChI=1S/C17H27NO3/c1-2-20-15-9-8-14-17(15)21-11-10-18(14)16(19)12-13-6-4-3-5-7-13/h6,14-15,17H,2-5,7-12H2,1H3/t14-,15-,17+/m1/s1. The van der Waals surface area contributed by atoms with Crippen molar-refractivity contribution >= 4 is 5.91 Å². The van der Waals surface area contributed by atoms with Gasteiger partial charge in [0.1, 0.15) is 6.10 Å². The zero-order chi connectivity index (χ0) is 14.7. The Morgan fingerprint density at radius 3 is 3.10 bits per heavy atom. The SMILES string of the molecule is CCO[C@@H]1CC[C@@H]2[C@@H]1OCCN2C(=O)CC1=CCCCC1. The Bertz CT molecular complexity index is 407. The van der Waals surface area contributed by atoms with E-state index in [0.717, 1.165) is 38.8 Å². The van der Waals surface area contributed by atoms with Gasteiger partial charge >= 0.3 is 0 Å². The van der Waals surface area contributed by atoms with Crippen LogP contribution in [0.25, 0.3) is 0 Å². The molecule has 3 rings (SSSR count). The van der Waals surface area contributed by atoms with Crippen LogP contribution in [0, 0.1) is 0 Å². The van der Waals surface area contributed by atoms with Crippen LogP contribution in [0.2, 0.25) is 0 Å². The van der Waals surface area contributed by atoms with Gasteiger partial charge in [-0.25, -0.2) is 0 Å². The van der Waals surface area contributed by atoms with E-state index in [1.165, 1.54) is 18.4 Å². The van der Waals surface area contributed by atoms with Crippen LogP contribution in [-0.4, -0.2) is 48.8 Å². The Morgan fingerprint density at radius 1 is 1.43 bits per heavy atom. The van der Waals surface area contributed by atoms with E-state index in [4.69, 9.17) is 9.47 Å². The zero-order valence-electron chi connectivity index (χ0n) is 13.1. The van der Waals surface area contributed by atoms with Crippen molar-refractivity contribution in [1.82, 2.24) is 4.90 Å². The highest BCUT2D eigenvalue weighted by Crippen LogP contribution is 2.33. The molecule has 0 aromatic heterocycles. The van der Waals surface area contributed by atoms with Gasteiger partial charge in [-0.15, -0.1) is 0 Å². The minimum atomic E-state index is 0.0861. The van der Waals surface area contributed by atoms with E-state index in [1.54, 1.807) is 0 Å². The molecule has 3 atom stereocenters. The molecule has 0 spiro atoms. The van der Waals surface area contributed by atoms with Gasteiger partial charge in [0.25, 0.3) is 0 Å². The molecule has 21 heavy (non-hydrogen) atoms. The molecule has 2 fully saturated rings. The summed E-state index contributed by atoms with van der Waals surface area (Å²) in [5.74, 6) is 0.290. The summed E-state index contributed by atoms with van der Waals surface area (Å²) in [7, 11) is 0. The lowest BCUT2D eigenvalue weighted by molar-refractivity contribution is -0.150. The first-order valence-corrected chi connectivity index (χ1v) is 8.50. The highest BCUT2D eigenvalue weighted by Gasteiger charge is 2.44. The van der Waals surface area contributed by atoms with Gasteiger partial charge in [0.2, 0.25) is 5.91 Å². The Balaban J connectivity index is 1.62. The number of allylic oxidation sites excluding steroid dienone is 1. The molecule has 0 N–H and O–H groups in total. The number of hydrogen-bond acceptors (Lipinski definition) is 3. The molecule has 0 aromatic rings. The zero-order valence-corrected chi connectivity index (χ0v) is 13.1. The molecule has 1 amide bonds. The van der Waals surface area contributed by atoms with Crippen molar-refractivity contribution in [2.24, 2.45) is 0 Å². The molecule has 4 heteroatoms. The molecule has 1 aliphatic heterocycles. The average molecular weight is 293 g/mol. The van der Waals surface area contributed by atoms with Gasteiger partial charge in [0.05, 0.1) is 18.8 Å².